The molecule has 0 bridgehead atoms. The molecule has 0 aliphatic carbocycles. The van der Waals surface area contributed by atoms with Gasteiger partial charge in [0.2, 0.25) is 0 Å². The minimum Gasteiger partial charge on any atom is -0.382 e. The van der Waals surface area contributed by atoms with Gasteiger partial charge in [0, 0.05) is 6.20 Å². The van der Waals surface area contributed by atoms with Gasteiger partial charge in [-0.3, -0.25) is 0 Å². The van der Waals surface area contributed by atoms with E-state index in [4.69, 9.17) is 5.73 Å². The van der Waals surface area contributed by atoms with E-state index in [0.717, 1.165) is 5.52 Å². The molecular weight excluding hydrogens is 140 g/mol. The molecule has 0 fully saturated rings. The second kappa shape index (κ2) is 2.16. The second-order valence-corrected chi connectivity index (χ2v) is 2.14. The van der Waals surface area contributed by atoms with Crippen LogP contribution in [-0.4, -0.2) is 15.0 Å². The Balaban J connectivity index is 2.83. The molecular formula is C7H6N4. The van der Waals surface area contributed by atoms with E-state index >= 15 is 0 Å². The number of nitrogens with two attached hydrogens (primary N) is 1. The Morgan fingerprint density at radius 3 is 3.09 bits per heavy atom. The van der Waals surface area contributed by atoms with Crippen molar-refractivity contribution in [2.45, 2.75) is 0 Å². The molecule has 0 saturated heterocycles. The predicted octanol–water partition coefficient (Wildman–Crippen LogP) is 0.607. The summed E-state index contributed by atoms with van der Waals surface area (Å²) in [6, 6.07) is 3.65. The third-order valence-electron chi connectivity index (χ3n) is 1.34. The molecule has 0 amide bonds. The average molecular weight is 146 g/mol. The van der Waals surface area contributed by atoms with Crippen LogP contribution in [0.2, 0.25) is 0 Å². The zero-order valence-electron chi connectivity index (χ0n) is 5.73. The molecule has 2 N–H and O–H groups in total. The van der Waals surface area contributed by atoms with E-state index < -0.39 is 0 Å². The van der Waals surface area contributed by atoms with Gasteiger partial charge in [-0.05, 0) is 12.1 Å². The van der Waals surface area contributed by atoms with Crippen molar-refractivity contribution in [2.75, 3.05) is 5.73 Å². The van der Waals surface area contributed by atoms with E-state index in [1.807, 2.05) is 12.1 Å². The lowest BCUT2D eigenvalue weighted by molar-refractivity contribution is 1.23. The minimum absolute atomic E-state index is 0.399. The number of hydrogen-bond donors (Lipinski definition) is 1. The third-order valence-corrected chi connectivity index (χ3v) is 1.34. The van der Waals surface area contributed by atoms with Crippen molar-refractivity contribution >= 4 is 17.0 Å². The number of nitrogens with zero attached hydrogens (tertiary/aromatic N) is 3. The van der Waals surface area contributed by atoms with Crippen molar-refractivity contribution in [3.63, 3.8) is 0 Å². The van der Waals surface area contributed by atoms with Gasteiger partial charge in [-0.1, -0.05) is 0 Å². The Bertz CT molecular complexity index is 385. The first kappa shape index (κ1) is 6.03. The Morgan fingerprint density at radius 2 is 2.18 bits per heavy atom. The van der Waals surface area contributed by atoms with E-state index in [1.165, 1.54) is 6.20 Å². The monoisotopic (exact) mass is 146 g/mol. The number of rotatable bonds is 0. The standard InChI is InChI=1S/C7H6N4/c8-6-4-10-5-2-1-3-9-7(5)11-6/h1-4H,(H2,8,9,11). The van der Waals surface area contributed by atoms with Crippen LogP contribution in [0.4, 0.5) is 5.82 Å². The number of hydrogen-bond acceptors (Lipinski definition) is 4. The number of fused-ring (bicyclic) bond motifs is 1. The largest absolute Gasteiger partial charge is 0.382 e. The number of aromatic nitrogens is 3. The number of pyridine rings is 1. The van der Waals surface area contributed by atoms with Crippen LogP contribution in [0.3, 0.4) is 0 Å². The Kier molecular flexibility index (Phi) is 1.18. The van der Waals surface area contributed by atoms with Crippen molar-refractivity contribution in [2.24, 2.45) is 0 Å². The third kappa shape index (κ3) is 0.980. The second-order valence-electron chi connectivity index (χ2n) is 2.14. The molecule has 0 spiro atoms. The van der Waals surface area contributed by atoms with Gasteiger partial charge in [0.15, 0.2) is 5.65 Å². The zero-order valence-corrected chi connectivity index (χ0v) is 5.73. The van der Waals surface area contributed by atoms with Gasteiger partial charge in [0.25, 0.3) is 0 Å². The van der Waals surface area contributed by atoms with Gasteiger partial charge >= 0.3 is 0 Å². The lowest BCUT2D eigenvalue weighted by atomic mass is 10.4. The predicted molar refractivity (Wildman–Crippen MR) is 41.7 cm³/mol. The van der Waals surface area contributed by atoms with Gasteiger partial charge in [-0.15, -0.1) is 0 Å². The van der Waals surface area contributed by atoms with Gasteiger partial charge in [-0.2, -0.15) is 0 Å². The van der Waals surface area contributed by atoms with Crippen LogP contribution in [-0.2, 0) is 0 Å². The highest BCUT2D eigenvalue weighted by atomic mass is 15.0. The lowest BCUT2D eigenvalue weighted by Gasteiger charge is -1.94. The SMILES string of the molecule is Nc1cnc2cccnc2n1. The minimum atomic E-state index is 0.399. The molecule has 2 aromatic rings. The molecule has 4 nitrogen and oxygen atoms in total. The highest BCUT2D eigenvalue weighted by Crippen LogP contribution is 2.05. The van der Waals surface area contributed by atoms with Crippen molar-refractivity contribution in [3.05, 3.63) is 24.5 Å². The quantitative estimate of drug-likeness (QED) is 0.591. The maximum absolute atomic E-state index is 5.41. The molecule has 2 rings (SSSR count). The van der Waals surface area contributed by atoms with Crippen molar-refractivity contribution in [1.82, 2.24) is 15.0 Å². The van der Waals surface area contributed by atoms with Gasteiger partial charge in [0.05, 0.1) is 6.20 Å². The van der Waals surface area contributed by atoms with Crippen LogP contribution < -0.4 is 5.73 Å². The summed E-state index contributed by atoms with van der Waals surface area (Å²) >= 11 is 0. The van der Waals surface area contributed by atoms with Crippen LogP contribution in [0, 0.1) is 0 Å². The summed E-state index contributed by atoms with van der Waals surface area (Å²) in [7, 11) is 0. The fourth-order valence-electron chi connectivity index (χ4n) is 0.862. The van der Waals surface area contributed by atoms with E-state index in [-0.39, 0.29) is 0 Å². The Labute approximate surface area is 63.1 Å². The number of nitrogen functional groups attached to an aromatic ring is 1. The first-order chi connectivity index (χ1) is 5.36. The van der Waals surface area contributed by atoms with E-state index in [2.05, 4.69) is 15.0 Å². The zero-order chi connectivity index (χ0) is 7.68. The summed E-state index contributed by atoms with van der Waals surface area (Å²) in [5.74, 6) is 0.399. The molecule has 54 valence electrons. The Hall–Kier alpha value is -1.71. The van der Waals surface area contributed by atoms with E-state index in [1.54, 1.807) is 6.20 Å². The lowest BCUT2D eigenvalue weighted by Crippen LogP contribution is -1.93. The topological polar surface area (TPSA) is 64.7 Å². The maximum atomic E-state index is 5.41. The van der Waals surface area contributed by atoms with Crippen molar-refractivity contribution in [3.8, 4) is 0 Å². The molecule has 0 atom stereocenters. The summed E-state index contributed by atoms with van der Waals surface area (Å²) in [6.07, 6.45) is 3.18. The fraction of sp³-hybridized carbons (Fsp3) is 0. The highest BCUT2D eigenvalue weighted by Gasteiger charge is 1.94. The highest BCUT2D eigenvalue weighted by molar-refractivity contribution is 5.70. The summed E-state index contributed by atoms with van der Waals surface area (Å²) in [4.78, 5) is 12.0. The summed E-state index contributed by atoms with van der Waals surface area (Å²) in [6.45, 7) is 0. The van der Waals surface area contributed by atoms with E-state index in [9.17, 15) is 0 Å². The summed E-state index contributed by atoms with van der Waals surface area (Å²) in [5, 5.41) is 0. The molecule has 0 radical (unpaired) electrons. The molecule has 2 heterocycles. The van der Waals surface area contributed by atoms with Crippen LogP contribution in [0.5, 0.6) is 0 Å². The molecule has 2 aromatic heterocycles. The molecule has 0 unspecified atom stereocenters. The Morgan fingerprint density at radius 1 is 1.27 bits per heavy atom. The van der Waals surface area contributed by atoms with Crippen LogP contribution in [0.15, 0.2) is 24.5 Å². The number of anilines is 1. The molecule has 0 aromatic carbocycles. The van der Waals surface area contributed by atoms with Gasteiger partial charge in [0.1, 0.15) is 11.3 Å². The van der Waals surface area contributed by atoms with Gasteiger partial charge in [-0.25, -0.2) is 15.0 Å². The average Bonchev–Trinajstić information content (AvgIpc) is 2.04. The normalized spacial score (nSPS) is 10.2. The van der Waals surface area contributed by atoms with Crippen molar-refractivity contribution < 1.29 is 0 Å². The fourth-order valence-corrected chi connectivity index (χ4v) is 0.862. The molecule has 4 heteroatoms. The molecule has 0 aliphatic heterocycles. The van der Waals surface area contributed by atoms with Crippen LogP contribution in [0.1, 0.15) is 0 Å². The maximum Gasteiger partial charge on any atom is 0.180 e. The molecule has 0 saturated carbocycles. The summed E-state index contributed by atoms with van der Waals surface area (Å²) < 4.78 is 0. The molecule has 0 aliphatic rings. The first-order valence-electron chi connectivity index (χ1n) is 3.19. The van der Waals surface area contributed by atoms with Gasteiger partial charge < -0.3 is 5.73 Å². The smallest absolute Gasteiger partial charge is 0.180 e. The van der Waals surface area contributed by atoms with Crippen molar-refractivity contribution in [1.29, 1.82) is 0 Å². The molecule has 11 heavy (non-hydrogen) atoms. The van der Waals surface area contributed by atoms with Crippen LogP contribution in [0.25, 0.3) is 11.2 Å². The first-order valence-corrected chi connectivity index (χ1v) is 3.19. The van der Waals surface area contributed by atoms with Crippen LogP contribution >= 0.6 is 0 Å². The van der Waals surface area contributed by atoms with E-state index in [0.29, 0.717) is 11.5 Å². The summed E-state index contributed by atoms with van der Waals surface area (Å²) in [5.41, 5.74) is 6.77.